The van der Waals surface area contributed by atoms with E-state index in [2.05, 4.69) is 34.6 Å². The summed E-state index contributed by atoms with van der Waals surface area (Å²) >= 11 is 0. The van der Waals surface area contributed by atoms with Crippen molar-refractivity contribution >= 4 is 66.7 Å². The number of benzene rings is 5. The van der Waals surface area contributed by atoms with Crippen LogP contribution in [0.2, 0.25) is 0 Å². The Morgan fingerprint density at radius 2 is 0.770 bits per heavy atom. The molecular weight excluding hydrogens is 757 g/mol. The zero-order valence-electron chi connectivity index (χ0n) is 37.9. The zero-order chi connectivity index (χ0) is 43.0. The minimum Gasteiger partial charge on any atom is -0.493 e. The van der Waals surface area contributed by atoms with Gasteiger partial charge in [-0.1, -0.05) is 162 Å². The topological polar surface area (TPSA) is 84.0 Å². The van der Waals surface area contributed by atoms with Crippen LogP contribution in [0.4, 0.5) is 0 Å². The molecule has 0 radical (unpaired) electrons. The second kappa shape index (κ2) is 20.6. The molecule has 2 aliphatic heterocycles. The molecule has 326 valence electrons. The number of rotatable bonds is 26. The maximum Gasteiger partial charge on any atom is 0.261 e. The molecule has 0 saturated heterocycles. The second-order valence-electron chi connectivity index (χ2n) is 18.1. The Labute approximate surface area is 364 Å². The van der Waals surface area contributed by atoms with Crippen LogP contribution in [0, 0.1) is 0 Å². The third kappa shape index (κ3) is 8.65. The highest BCUT2D eigenvalue weighted by Gasteiger charge is 2.41. The molecule has 0 atom stereocenters. The van der Waals surface area contributed by atoms with Crippen molar-refractivity contribution in [1.29, 1.82) is 0 Å². The van der Waals surface area contributed by atoms with Crippen LogP contribution in [0.25, 0.3) is 43.1 Å². The number of imide groups is 2. The van der Waals surface area contributed by atoms with E-state index >= 15 is 0 Å². The summed E-state index contributed by atoms with van der Waals surface area (Å²) in [5.74, 6) is -0.244. The molecule has 7 rings (SSSR count). The van der Waals surface area contributed by atoms with Gasteiger partial charge in [-0.15, -0.1) is 0 Å². The monoisotopic (exact) mass is 827 g/mol. The van der Waals surface area contributed by atoms with Crippen LogP contribution in [0.3, 0.4) is 0 Å². The van der Waals surface area contributed by atoms with Gasteiger partial charge in [-0.05, 0) is 77.9 Å². The molecule has 5 aromatic carbocycles. The highest BCUT2D eigenvalue weighted by molar-refractivity contribution is 6.42. The fourth-order valence-electron chi connectivity index (χ4n) is 10.5. The van der Waals surface area contributed by atoms with Gasteiger partial charge in [0.15, 0.2) is 0 Å². The Morgan fingerprint density at radius 3 is 1.20 bits per heavy atom. The standard InChI is InChI=1S/C54H70N2O5/c1-6-11-16-20-24-36(25-21-17-12-7-2)55-51(57)41-31-28-38-39-29-32-43-48-44(54(60)56(53(43)59)37(26-22-18-13-8-3)27-23-19-14-9-4)35-45(61-34-15-10-5)49(50(39)48)40-30-33-42(52(55)58)47(41)46(38)40/h28-33,35-37H,6-27,34H2,1-5H3. The summed E-state index contributed by atoms with van der Waals surface area (Å²) in [6.45, 7) is 11.4. The Bertz CT molecular complexity index is 2320. The zero-order valence-corrected chi connectivity index (χ0v) is 37.9. The Morgan fingerprint density at radius 1 is 0.393 bits per heavy atom. The third-order valence-electron chi connectivity index (χ3n) is 13.8. The van der Waals surface area contributed by atoms with Crippen molar-refractivity contribution in [3.8, 4) is 5.75 Å². The Kier molecular flexibility index (Phi) is 15.0. The SMILES string of the molecule is CCCCCCC(CCCCCC)N1C(=O)c2ccc3c4ccc5c6c(cc(OCCCC)c(c7ccc(c2c37)C1=O)c64)C(=O)N(C(CCCCCC)CCCCCC)C5=O. The number of unbranched alkanes of at least 4 members (excludes halogenated alkanes) is 13. The lowest BCUT2D eigenvalue weighted by Crippen LogP contribution is -2.47. The van der Waals surface area contributed by atoms with Gasteiger partial charge in [0.25, 0.3) is 23.6 Å². The summed E-state index contributed by atoms with van der Waals surface area (Å²) in [5, 5.41) is 6.59. The predicted molar refractivity (Wildman–Crippen MR) is 252 cm³/mol. The fourth-order valence-corrected chi connectivity index (χ4v) is 10.5. The van der Waals surface area contributed by atoms with Gasteiger partial charge in [0.2, 0.25) is 0 Å². The summed E-state index contributed by atoms with van der Waals surface area (Å²) in [6.07, 6.45) is 22.6. The van der Waals surface area contributed by atoms with Crippen molar-refractivity contribution in [2.45, 2.75) is 188 Å². The second-order valence-corrected chi connectivity index (χ2v) is 18.1. The molecule has 61 heavy (non-hydrogen) atoms. The van der Waals surface area contributed by atoms with Crippen molar-refractivity contribution in [3.63, 3.8) is 0 Å². The lowest BCUT2D eigenvalue weighted by Gasteiger charge is -2.36. The molecule has 7 heteroatoms. The summed E-state index contributed by atoms with van der Waals surface area (Å²) in [4.78, 5) is 62.4. The van der Waals surface area contributed by atoms with Gasteiger partial charge in [0, 0.05) is 50.3 Å². The van der Waals surface area contributed by atoms with Crippen LogP contribution in [0.15, 0.2) is 42.5 Å². The van der Waals surface area contributed by atoms with Gasteiger partial charge in [0.1, 0.15) is 5.75 Å². The number of carbonyl (C=O) groups excluding carboxylic acids is 4. The normalized spacial score (nSPS) is 14.2. The van der Waals surface area contributed by atoms with Gasteiger partial charge in [-0.25, -0.2) is 0 Å². The maximum absolute atomic E-state index is 14.9. The summed E-state index contributed by atoms with van der Waals surface area (Å²) < 4.78 is 6.68. The van der Waals surface area contributed by atoms with Crippen LogP contribution in [-0.4, -0.2) is 52.1 Å². The molecule has 7 nitrogen and oxygen atoms in total. The molecule has 0 unspecified atom stereocenters. The van der Waals surface area contributed by atoms with E-state index in [0.717, 1.165) is 174 Å². The van der Waals surface area contributed by atoms with E-state index < -0.39 is 0 Å². The number of amides is 4. The first-order valence-electron chi connectivity index (χ1n) is 24.4. The van der Waals surface area contributed by atoms with Crippen LogP contribution in [0.5, 0.6) is 5.75 Å². The van der Waals surface area contributed by atoms with E-state index in [0.29, 0.717) is 45.4 Å². The molecule has 2 aliphatic rings. The minimum absolute atomic E-state index is 0.137. The van der Waals surface area contributed by atoms with E-state index in [1.807, 2.05) is 42.5 Å². The first kappa shape index (κ1) is 44.5. The van der Waals surface area contributed by atoms with Gasteiger partial charge in [0.05, 0.1) is 12.2 Å². The molecule has 0 aromatic heterocycles. The summed E-state index contributed by atoms with van der Waals surface area (Å²) in [7, 11) is 0. The molecule has 0 spiro atoms. The first-order valence-corrected chi connectivity index (χ1v) is 24.4. The van der Waals surface area contributed by atoms with Crippen LogP contribution in [-0.2, 0) is 0 Å². The molecular formula is C54H70N2O5. The molecule has 0 saturated carbocycles. The minimum atomic E-state index is -0.233. The fraction of sp³-hybridized carbons (Fsp3) is 0.556. The Hall–Kier alpha value is -4.52. The van der Waals surface area contributed by atoms with Gasteiger partial charge < -0.3 is 4.74 Å². The van der Waals surface area contributed by atoms with Gasteiger partial charge >= 0.3 is 0 Å². The van der Waals surface area contributed by atoms with Gasteiger partial charge in [-0.3, -0.25) is 29.0 Å². The lowest BCUT2D eigenvalue weighted by molar-refractivity contribution is 0.0501. The van der Waals surface area contributed by atoms with Crippen molar-refractivity contribution in [3.05, 3.63) is 64.7 Å². The lowest BCUT2D eigenvalue weighted by atomic mass is 9.81. The summed E-state index contributed by atoms with van der Waals surface area (Å²) in [6, 6.07) is 13.4. The molecule has 0 fully saturated rings. The van der Waals surface area contributed by atoms with Crippen LogP contribution < -0.4 is 4.74 Å². The highest BCUT2D eigenvalue weighted by atomic mass is 16.5. The van der Waals surface area contributed by atoms with Crippen LogP contribution >= 0.6 is 0 Å². The Balaban J connectivity index is 1.37. The number of ether oxygens (including phenoxy) is 1. The number of hydrogen-bond donors (Lipinski definition) is 0. The van der Waals surface area contributed by atoms with Crippen molar-refractivity contribution in [2.24, 2.45) is 0 Å². The molecule has 4 amide bonds. The average Bonchev–Trinajstić information content (AvgIpc) is 3.27. The maximum atomic E-state index is 14.9. The van der Waals surface area contributed by atoms with E-state index in [9.17, 15) is 19.2 Å². The molecule has 2 heterocycles. The van der Waals surface area contributed by atoms with Crippen molar-refractivity contribution in [1.82, 2.24) is 9.80 Å². The van der Waals surface area contributed by atoms with Crippen molar-refractivity contribution < 1.29 is 23.9 Å². The molecule has 0 N–H and O–H groups in total. The van der Waals surface area contributed by atoms with E-state index in [1.54, 1.807) is 9.80 Å². The summed E-state index contributed by atoms with van der Waals surface area (Å²) in [5.41, 5.74) is 2.21. The number of fused-ring (bicyclic) bond motifs is 2. The number of carbonyl (C=O) groups is 4. The number of nitrogens with zero attached hydrogens (tertiary/aromatic N) is 2. The van der Waals surface area contributed by atoms with E-state index in [4.69, 9.17) is 4.74 Å². The molecule has 5 aromatic rings. The average molecular weight is 827 g/mol. The van der Waals surface area contributed by atoms with E-state index in [-0.39, 0.29) is 35.7 Å². The first-order chi connectivity index (χ1) is 29.8. The van der Waals surface area contributed by atoms with Crippen molar-refractivity contribution in [2.75, 3.05) is 6.61 Å². The smallest absolute Gasteiger partial charge is 0.261 e. The molecule has 0 bridgehead atoms. The van der Waals surface area contributed by atoms with Gasteiger partial charge in [-0.2, -0.15) is 0 Å². The largest absolute Gasteiger partial charge is 0.493 e. The molecule has 0 aliphatic carbocycles. The number of hydrogen-bond acceptors (Lipinski definition) is 5. The van der Waals surface area contributed by atoms with Crippen LogP contribution in [0.1, 0.15) is 217 Å². The highest BCUT2D eigenvalue weighted by Crippen LogP contribution is 2.50. The predicted octanol–water partition coefficient (Wildman–Crippen LogP) is 14.7. The van der Waals surface area contributed by atoms with E-state index in [1.165, 1.54) is 0 Å². The third-order valence-corrected chi connectivity index (χ3v) is 13.8. The quantitative estimate of drug-likeness (QED) is 0.0240.